The summed E-state index contributed by atoms with van der Waals surface area (Å²) in [5.41, 5.74) is 7.61. The fourth-order valence-corrected chi connectivity index (χ4v) is 2.65. The number of benzene rings is 1. The van der Waals surface area contributed by atoms with Crippen LogP contribution in [0.5, 0.6) is 0 Å². The SMILES string of the molecule is CC1(CNCC(CN)c2ccccc2)CCOCC1. The lowest BCUT2D eigenvalue weighted by Gasteiger charge is -2.34. The fourth-order valence-electron chi connectivity index (χ4n) is 2.65. The molecule has 19 heavy (non-hydrogen) atoms. The minimum Gasteiger partial charge on any atom is -0.381 e. The summed E-state index contributed by atoms with van der Waals surface area (Å²) in [4.78, 5) is 0. The van der Waals surface area contributed by atoms with Crippen molar-refractivity contribution in [2.75, 3.05) is 32.8 Å². The first-order valence-electron chi connectivity index (χ1n) is 7.27. The number of hydrogen-bond acceptors (Lipinski definition) is 3. The Hall–Kier alpha value is -0.900. The van der Waals surface area contributed by atoms with Gasteiger partial charge in [0, 0.05) is 38.8 Å². The summed E-state index contributed by atoms with van der Waals surface area (Å²) < 4.78 is 5.44. The molecular formula is C16H26N2O. The average molecular weight is 262 g/mol. The van der Waals surface area contributed by atoms with E-state index in [-0.39, 0.29) is 0 Å². The Balaban J connectivity index is 1.80. The van der Waals surface area contributed by atoms with Gasteiger partial charge in [0.05, 0.1) is 0 Å². The molecule has 1 heterocycles. The van der Waals surface area contributed by atoms with Crippen LogP contribution < -0.4 is 11.1 Å². The normalized spacial score (nSPS) is 20.1. The highest BCUT2D eigenvalue weighted by molar-refractivity contribution is 5.20. The highest BCUT2D eigenvalue weighted by atomic mass is 16.5. The third-order valence-electron chi connectivity index (χ3n) is 4.20. The van der Waals surface area contributed by atoms with Crippen LogP contribution in [0.4, 0.5) is 0 Å². The smallest absolute Gasteiger partial charge is 0.0471 e. The number of rotatable bonds is 6. The maximum absolute atomic E-state index is 5.90. The van der Waals surface area contributed by atoms with Gasteiger partial charge in [0.1, 0.15) is 0 Å². The van der Waals surface area contributed by atoms with Gasteiger partial charge in [-0.3, -0.25) is 0 Å². The lowest BCUT2D eigenvalue weighted by atomic mass is 9.82. The summed E-state index contributed by atoms with van der Waals surface area (Å²) in [6.07, 6.45) is 2.30. The van der Waals surface area contributed by atoms with Gasteiger partial charge in [-0.25, -0.2) is 0 Å². The lowest BCUT2D eigenvalue weighted by Crippen LogP contribution is -2.39. The van der Waals surface area contributed by atoms with E-state index in [1.54, 1.807) is 0 Å². The molecule has 0 bridgehead atoms. The van der Waals surface area contributed by atoms with Crippen LogP contribution >= 0.6 is 0 Å². The Morgan fingerprint density at radius 2 is 1.95 bits per heavy atom. The Kier molecular flexibility index (Phi) is 5.37. The van der Waals surface area contributed by atoms with Crippen molar-refractivity contribution in [3.63, 3.8) is 0 Å². The molecule has 0 spiro atoms. The summed E-state index contributed by atoms with van der Waals surface area (Å²) in [5.74, 6) is 0.407. The van der Waals surface area contributed by atoms with Gasteiger partial charge in [0.2, 0.25) is 0 Å². The molecule has 1 aromatic carbocycles. The Morgan fingerprint density at radius 3 is 2.58 bits per heavy atom. The van der Waals surface area contributed by atoms with Crippen LogP contribution in [-0.4, -0.2) is 32.8 Å². The minimum absolute atomic E-state index is 0.383. The molecule has 0 aromatic heterocycles. The first-order valence-corrected chi connectivity index (χ1v) is 7.27. The molecule has 3 heteroatoms. The number of hydrogen-bond donors (Lipinski definition) is 2. The van der Waals surface area contributed by atoms with E-state index in [2.05, 4.69) is 36.5 Å². The van der Waals surface area contributed by atoms with Gasteiger partial charge in [-0.05, 0) is 23.8 Å². The van der Waals surface area contributed by atoms with Gasteiger partial charge in [0.15, 0.2) is 0 Å². The van der Waals surface area contributed by atoms with E-state index >= 15 is 0 Å². The summed E-state index contributed by atoms with van der Waals surface area (Å²) >= 11 is 0. The maximum Gasteiger partial charge on any atom is 0.0471 e. The Morgan fingerprint density at radius 1 is 1.26 bits per heavy atom. The second-order valence-corrected chi connectivity index (χ2v) is 5.90. The molecule has 1 saturated heterocycles. The van der Waals surface area contributed by atoms with Gasteiger partial charge >= 0.3 is 0 Å². The number of nitrogens with two attached hydrogens (primary N) is 1. The van der Waals surface area contributed by atoms with Crippen molar-refractivity contribution in [3.8, 4) is 0 Å². The molecule has 0 radical (unpaired) electrons. The monoisotopic (exact) mass is 262 g/mol. The van der Waals surface area contributed by atoms with Crippen molar-refractivity contribution in [3.05, 3.63) is 35.9 Å². The van der Waals surface area contributed by atoms with E-state index in [0.717, 1.165) is 39.1 Å². The van der Waals surface area contributed by atoms with Crippen LogP contribution in [0, 0.1) is 5.41 Å². The van der Waals surface area contributed by atoms with Crippen molar-refractivity contribution < 1.29 is 4.74 Å². The quantitative estimate of drug-likeness (QED) is 0.825. The Labute approximate surface area is 116 Å². The summed E-state index contributed by atoms with van der Waals surface area (Å²) in [5, 5.41) is 3.61. The summed E-state index contributed by atoms with van der Waals surface area (Å²) in [7, 11) is 0. The largest absolute Gasteiger partial charge is 0.381 e. The zero-order valence-electron chi connectivity index (χ0n) is 11.9. The first-order chi connectivity index (χ1) is 9.23. The highest BCUT2D eigenvalue weighted by Gasteiger charge is 2.27. The van der Waals surface area contributed by atoms with E-state index < -0.39 is 0 Å². The molecule has 1 aromatic rings. The molecule has 3 N–H and O–H groups in total. The molecule has 1 unspecified atom stereocenters. The van der Waals surface area contributed by atoms with E-state index in [9.17, 15) is 0 Å². The third-order valence-corrected chi connectivity index (χ3v) is 4.20. The zero-order valence-corrected chi connectivity index (χ0v) is 11.9. The average Bonchev–Trinajstić information content (AvgIpc) is 2.45. The topological polar surface area (TPSA) is 47.3 Å². The fraction of sp³-hybridized carbons (Fsp3) is 0.625. The van der Waals surface area contributed by atoms with E-state index in [0.29, 0.717) is 17.9 Å². The second-order valence-electron chi connectivity index (χ2n) is 5.90. The maximum atomic E-state index is 5.90. The van der Waals surface area contributed by atoms with Crippen LogP contribution in [0.2, 0.25) is 0 Å². The molecule has 1 aliphatic rings. The van der Waals surface area contributed by atoms with Gasteiger partial charge in [-0.15, -0.1) is 0 Å². The van der Waals surface area contributed by atoms with Crippen molar-refractivity contribution in [1.29, 1.82) is 0 Å². The second kappa shape index (κ2) is 7.04. The zero-order chi connectivity index (χ0) is 13.6. The van der Waals surface area contributed by atoms with Crippen LogP contribution in [-0.2, 0) is 4.74 Å². The summed E-state index contributed by atoms with van der Waals surface area (Å²) in [6, 6.07) is 10.5. The van der Waals surface area contributed by atoms with E-state index in [1.165, 1.54) is 5.56 Å². The van der Waals surface area contributed by atoms with E-state index in [1.807, 2.05) is 6.07 Å². The van der Waals surface area contributed by atoms with Crippen LogP contribution in [0.3, 0.4) is 0 Å². The molecule has 0 saturated carbocycles. The number of ether oxygens (including phenoxy) is 1. The van der Waals surface area contributed by atoms with Crippen molar-refractivity contribution in [2.24, 2.45) is 11.1 Å². The van der Waals surface area contributed by atoms with Crippen molar-refractivity contribution in [1.82, 2.24) is 5.32 Å². The lowest BCUT2D eigenvalue weighted by molar-refractivity contribution is 0.0241. The highest BCUT2D eigenvalue weighted by Crippen LogP contribution is 2.28. The van der Waals surface area contributed by atoms with Crippen LogP contribution in [0.25, 0.3) is 0 Å². The summed E-state index contributed by atoms with van der Waals surface area (Å²) in [6.45, 7) is 6.85. The molecule has 0 aliphatic carbocycles. The van der Waals surface area contributed by atoms with Crippen molar-refractivity contribution in [2.45, 2.75) is 25.7 Å². The molecule has 2 rings (SSSR count). The Bertz CT molecular complexity index is 360. The van der Waals surface area contributed by atoms with E-state index in [4.69, 9.17) is 10.5 Å². The molecule has 3 nitrogen and oxygen atoms in total. The van der Waals surface area contributed by atoms with Gasteiger partial charge in [-0.1, -0.05) is 37.3 Å². The molecular weight excluding hydrogens is 236 g/mol. The first kappa shape index (κ1) is 14.5. The molecule has 0 amide bonds. The predicted octanol–water partition coefficient (Wildman–Crippen LogP) is 2.14. The standard InChI is InChI=1S/C16H26N2O/c1-16(7-9-19-10-8-16)13-18-12-15(11-17)14-5-3-2-4-6-14/h2-6,15,18H,7-13,17H2,1H3. The third kappa shape index (κ3) is 4.30. The van der Waals surface area contributed by atoms with Gasteiger partial charge < -0.3 is 15.8 Å². The van der Waals surface area contributed by atoms with Gasteiger partial charge in [-0.2, -0.15) is 0 Å². The molecule has 106 valence electrons. The molecule has 1 atom stereocenters. The predicted molar refractivity (Wildman–Crippen MR) is 79.3 cm³/mol. The molecule has 1 fully saturated rings. The minimum atomic E-state index is 0.383. The number of nitrogens with one attached hydrogen (secondary N) is 1. The van der Waals surface area contributed by atoms with Crippen molar-refractivity contribution >= 4 is 0 Å². The van der Waals surface area contributed by atoms with Gasteiger partial charge in [0.25, 0.3) is 0 Å². The van der Waals surface area contributed by atoms with Crippen LogP contribution in [0.1, 0.15) is 31.2 Å². The van der Waals surface area contributed by atoms with Crippen LogP contribution in [0.15, 0.2) is 30.3 Å². The molecule has 1 aliphatic heterocycles.